The number of rotatable bonds is 6. The first-order valence-corrected chi connectivity index (χ1v) is 12.3. The smallest absolute Gasteiger partial charge is 0.344 e. The van der Waals surface area contributed by atoms with Crippen LogP contribution in [0.2, 0.25) is 0 Å². The fourth-order valence-electron chi connectivity index (χ4n) is 4.58. The number of nitrogens with zero attached hydrogens (tertiary/aromatic N) is 2. The van der Waals surface area contributed by atoms with Crippen molar-refractivity contribution in [1.82, 2.24) is 9.97 Å². The van der Waals surface area contributed by atoms with E-state index in [1.807, 2.05) is 18.2 Å². The van der Waals surface area contributed by atoms with Crippen molar-refractivity contribution >= 4 is 28.7 Å². The number of esters is 2. The number of para-hydroxylation sites is 1. The third-order valence-corrected chi connectivity index (χ3v) is 6.34. The van der Waals surface area contributed by atoms with Crippen molar-refractivity contribution in [3.8, 4) is 11.3 Å². The molecule has 1 saturated heterocycles. The molecule has 0 spiro atoms. The number of aromatic nitrogens is 2. The van der Waals surface area contributed by atoms with E-state index in [9.17, 15) is 23.2 Å². The van der Waals surface area contributed by atoms with E-state index in [2.05, 4.69) is 4.98 Å². The number of hydrogen-bond acceptors (Lipinski definition) is 7. The van der Waals surface area contributed by atoms with Crippen molar-refractivity contribution in [3.05, 3.63) is 57.4 Å². The quantitative estimate of drug-likeness (QED) is 0.469. The van der Waals surface area contributed by atoms with Gasteiger partial charge in [0.2, 0.25) is 11.4 Å². The van der Waals surface area contributed by atoms with Crippen molar-refractivity contribution < 1.29 is 27.8 Å². The van der Waals surface area contributed by atoms with Crippen LogP contribution in [0.4, 0.5) is 14.6 Å². The first-order valence-electron chi connectivity index (χ1n) is 12.3. The Kier molecular flexibility index (Phi) is 7.56. The molecule has 0 bridgehead atoms. The molecule has 0 unspecified atom stereocenters. The Bertz CT molecular complexity index is 1400. The SMILES string of the molecule is CCOC(=O)c1c(C)[nH]c(-c2cc3ccccc3nc2N2CCCC(F)(F)CC2)c(C(=O)OCC)c1=O. The molecule has 3 heterocycles. The number of alkyl halides is 2. The number of benzene rings is 1. The summed E-state index contributed by atoms with van der Waals surface area (Å²) in [4.78, 5) is 48.8. The Balaban J connectivity index is 2.00. The second kappa shape index (κ2) is 10.7. The van der Waals surface area contributed by atoms with Crippen LogP contribution in [0.5, 0.6) is 0 Å². The summed E-state index contributed by atoms with van der Waals surface area (Å²) in [6.07, 6.45) is -0.323. The summed E-state index contributed by atoms with van der Waals surface area (Å²) in [5.41, 5.74) is -0.164. The van der Waals surface area contributed by atoms with E-state index in [4.69, 9.17) is 14.5 Å². The van der Waals surface area contributed by atoms with Gasteiger partial charge in [-0.05, 0) is 39.3 Å². The van der Waals surface area contributed by atoms with Crippen molar-refractivity contribution in [2.24, 2.45) is 0 Å². The van der Waals surface area contributed by atoms with E-state index in [-0.39, 0.29) is 61.5 Å². The monoisotopic (exact) mass is 513 g/mol. The zero-order chi connectivity index (χ0) is 26.7. The molecule has 0 amide bonds. The number of pyridine rings is 2. The molecule has 4 rings (SSSR count). The van der Waals surface area contributed by atoms with Gasteiger partial charge in [-0.2, -0.15) is 0 Å². The molecule has 2 aromatic heterocycles. The number of anilines is 1. The number of aryl methyl sites for hydroxylation is 1. The Morgan fingerprint density at radius 2 is 1.73 bits per heavy atom. The Hall–Kier alpha value is -3.82. The van der Waals surface area contributed by atoms with Crippen molar-refractivity contribution in [2.75, 3.05) is 31.2 Å². The van der Waals surface area contributed by atoms with E-state index >= 15 is 0 Å². The lowest BCUT2D eigenvalue weighted by Gasteiger charge is -2.25. The van der Waals surface area contributed by atoms with Crippen LogP contribution in [-0.2, 0) is 9.47 Å². The minimum atomic E-state index is -2.78. The summed E-state index contributed by atoms with van der Waals surface area (Å²) in [6, 6.07) is 9.04. The van der Waals surface area contributed by atoms with Crippen molar-refractivity contribution in [3.63, 3.8) is 0 Å². The van der Waals surface area contributed by atoms with Gasteiger partial charge in [-0.15, -0.1) is 0 Å². The van der Waals surface area contributed by atoms with Crippen LogP contribution < -0.4 is 10.3 Å². The number of nitrogens with one attached hydrogen (secondary N) is 1. The minimum Gasteiger partial charge on any atom is -0.462 e. The van der Waals surface area contributed by atoms with Crippen LogP contribution >= 0.6 is 0 Å². The number of fused-ring (bicyclic) bond motifs is 1. The van der Waals surface area contributed by atoms with Gasteiger partial charge in [-0.25, -0.2) is 23.4 Å². The molecule has 8 nitrogen and oxygen atoms in total. The molecule has 1 aromatic carbocycles. The van der Waals surface area contributed by atoms with Crippen LogP contribution in [0.25, 0.3) is 22.2 Å². The first kappa shape index (κ1) is 26.2. The lowest BCUT2D eigenvalue weighted by atomic mass is 10.00. The Labute approximate surface area is 212 Å². The molecule has 37 heavy (non-hydrogen) atoms. The van der Waals surface area contributed by atoms with Gasteiger partial charge in [0.05, 0.1) is 24.4 Å². The van der Waals surface area contributed by atoms with Gasteiger partial charge < -0.3 is 19.4 Å². The van der Waals surface area contributed by atoms with Gasteiger partial charge in [-0.3, -0.25) is 4.79 Å². The second-order valence-corrected chi connectivity index (χ2v) is 8.89. The molecule has 1 aliphatic heterocycles. The highest BCUT2D eigenvalue weighted by Gasteiger charge is 2.34. The highest BCUT2D eigenvalue weighted by molar-refractivity contribution is 6.02. The summed E-state index contributed by atoms with van der Waals surface area (Å²) >= 11 is 0. The lowest BCUT2D eigenvalue weighted by Crippen LogP contribution is -2.30. The third kappa shape index (κ3) is 5.33. The Morgan fingerprint density at radius 1 is 1.05 bits per heavy atom. The van der Waals surface area contributed by atoms with Gasteiger partial charge in [0.15, 0.2) is 0 Å². The number of ether oxygens (including phenoxy) is 2. The van der Waals surface area contributed by atoms with Gasteiger partial charge in [0.25, 0.3) is 0 Å². The molecule has 0 saturated carbocycles. The summed E-state index contributed by atoms with van der Waals surface area (Å²) in [7, 11) is 0. The van der Waals surface area contributed by atoms with E-state index in [0.717, 1.165) is 5.39 Å². The van der Waals surface area contributed by atoms with Gasteiger partial charge >= 0.3 is 11.9 Å². The topological polar surface area (TPSA) is 102 Å². The number of carbonyl (C=O) groups is 2. The largest absolute Gasteiger partial charge is 0.462 e. The van der Waals surface area contributed by atoms with Crippen LogP contribution in [-0.4, -0.2) is 54.1 Å². The highest BCUT2D eigenvalue weighted by Crippen LogP contribution is 2.36. The molecule has 1 fully saturated rings. The lowest BCUT2D eigenvalue weighted by molar-refractivity contribution is -0.0102. The molecule has 0 atom stereocenters. The fourth-order valence-corrected chi connectivity index (χ4v) is 4.58. The average Bonchev–Trinajstić information content (AvgIpc) is 3.03. The molecule has 1 aliphatic rings. The Morgan fingerprint density at radius 3 is 2.43 bits per heavy atom. The fraction of sp³-hybridized carbons (Fsp3) is 0.407. The maximum Gasteiger partial charge on any atom is 0.344 e. The zero-order valence-corrected chi connectivity index (χ0v) is 21.0. The molecule has 10 heteroatoms. The molecular weight excluding hydrogens is 484 g/mol. The first-order chi connectivity index (χ1) is 17.7. The van der Waals surface area contributed by atoms with E-state index in [1.54, 1.807) is 30.9 Å². The number of H-pyrrole nitrogens is 1. The van der Waals surface area contributed by atoms with Gasteiger partial charge in [0, 0.05) is 42.6 Å². The summed E-state index contributed by atoms with van der Waals surface area (Å²) in [5.74, 6) is -4.19. The summed E-state index contributed by atoms with van der Waals surface area (Å²) in [5, 5.41) is 0.726. The predicted molar refractivity (Wildman–Crippen MR) is 135 cm³/mol. The molecular formula is C27H29F2N3O5. The minimum absolute atomic E-state index is 0.00433. The van der Waals surface area contributed by atoms with Crippen LogP contribution in [0.3, 0.4) is 0 Å². The van der Waals surface area contributed by atoms with E-state index in [1.165, 1.54) is 6.92 Å². The van der Waals surface area contributed by atoms with Crippen LogP contribution in [0, 0.1) is 6.92 Å². The highest BCUT2D eigenvalue weighted by atomic mass is 19.3. The standard InChI is InChI=1S/C27H29F2N3O5/c1-4-36-25(34)20-16(3)30-22(21(23(20)33)26(35)37-5-2)18-15-17-9-6-7-10-19(17)31-24(18)32-13-8-11-27(28,29)12-14-32/h6-7,9-10,15H,4-5,8,11-14H2,1-3H3,(H,30,33). The maximum atomic E-state index is 14.2. The number of halogens is 2. The summed E-state index contributed by atoms with van der Waals surface area (Å²) in [6.45, 7) is 5.17. The van der Waals surface area contributed by atoms with Gasteiger partial charge in [-0.1, -0.05) is 18.2 Å². The van der Waals surface area contributed by atoms with Crippen LogP contribution in [0.1, 0.15) is 59.5 Å². The maximum absolute atomic E-state index is 14.2. The molecule has 0 aliphatic carbocycles. The molecule has 3 aromatic rings. The number of hydrogen-bond donors (Lipinski definition) is 1. The normalized spacial score (nSPS) is 15.3. The molecule has 0 radical (unpaired) electrons. The van der Waals surface area contributed by atoms with E-state index < -0.39 is 23.3 Å². The van der Waals surface area contributed by atoms with Crippen molar-refractivity contribution in [1.29, 1.82) is 0 Å². The van der Waals surface area contributed by atoms with Gasteiger partial charge in [0.1, 0.15) is 16.9 Å². The second-order valence-electron chi connectivity index (χ2n) is 8.89. The van der Waals surface area contributed by atoms with Crippen LogP contribution in [0.15, 0.2) is 35.1 Å². The van der Waals surface area contributed by atoms with Crippen molar-refractivity contribution in [2.45, 2.75) is 46.0 Å². The zero-order valence-electron chi connectivity index (χ0n) is 21.0. The van der Waals surface area contributed by atoms with E-state index in [0.29, 0.717) is 23.4 Å². The molecule has 1 N–H and O–H groups in total. The average molecular weight is 514 g/mol. The third-order valence-electron chi connectivity index (χ3n) is 6.34. The molecule has 196 valence electrons. The number of aromatic amines is 1. The summed E-state index contributed by atoms with van der Waals surface area (Å²) < 4.78 is 38.6. The number of carbonyl (C=O) groups excluding carboxylic acids is 2. The predicted octanol–water partition coefficient (Wildman–Crippen LogP) is 4.88.